The molecule has 0 saturated heterocycles. The van der Waals surface area contributed by atoms with Gasteiger partial charge in [0.1, 0.15) is 5.15 Å². The van der Waals surface area contributed by atoms with Gasteiger partial charge in [-0.1, -0.05) is 24.4 Å². The van der Waals surface area contributed by atoms with Crippen LogP contribution in [0.2, 0.25) is 5.15 Å². The molecule has 0 aliphatic heterocycles. The zero-order valence-corrected chi connectivity index (χ0v) is 9.24. The molecule has 1 heterocycles. The third-order valence-electron chi connectivity index (χ3n) is 2.64. The molecule has 13 heavy (non-hydrogen) atoms. The fourth-order valence-corrected chi connectivity index (χ4v) is 2.84. The molecule has 0 aromatic carbocycles. The number of halogens is 1. The van der Waals surface area contributed by atoms with Gasteiger partial charge >= 0.3 is 0 Å². The normalized spacial score (nSPS) is 18.0. The van der Waals surface area contributed by atoms with Crippen molar-refractivity contribution < 1.29 is 0 Å². The molecule has 0 amide bonds. The predicted octanol–water partition coefficient (Wildman–Crippen LogP) is 3.18. The van der Waals surface area contributed by atoms with E-state index in [0.717, 1.165) is 5.13 Å². The number of aromatic nitrogens is 1. The van der Waals surface area contributed by atoms with Crippen LogP contribution in [0, 0.1) is 0 Å². The standard InChI is InChI=1S/C9H13ClN2S/c1-12(7-4-2-3-5-7)9-11-8(10)6-13-9/h6-7H,2-5H2,1H3. The van der Waals surface area contributed by atoms with Crippen LogP contribution in [0.4, 0.5) is 5.13 Å². The van der Waals surface area contributed by atoms with Gasteiger partial charge in [-0.25, -0.2) is 4.98 Å². The molecule has 0 radical (unpaired) electrons. The van der Waals surface area contributed by atoms with Crippen LogP contribution in [-0.4, -0.2) is 18.1 Å². The smallest absolute Gasteiger partial charge is 0.186 e. The van der Waals surface area contributed by atoms with Gasteiger partial charge in [-0.3, -0.25) is 0 Å². The summed E-state index contributed by atoms with van der Waals surface area (Å²) >= 11 is 7.41. The first-order valence-corrected chi connectivity index (χ1v) is 5.87. The molecule has 1 aromatic rings. The average Bonchev–Trinajstić information content (AvgIpc) is 2.72. The van der Waals surface area contributed by atoms with Crippen LogP contribution in [0.3, 0.4) is 0 Å². The molecular weight excluding hydrogens is 204 g/mol. The van der Waals surface area contributed by atoms with E-state index in [1.807, 2.05) is 5.38 Å². The summed E-state index contributed by atoms with van der Waals surface area (Å²) in [5, 5.41) is 3.56. The van der Waals surface area contributed by atoms with E-state index >= 15 is 0 Å². The second-order valence-corrected chi connectivity index (χ2v) is 4.73. The van der Waals surface area contributed by atoms with Crippen LogP contribution >= 0.6 is 22.9 Å². The molecule has 0 atom stereocenters. The third kappa shape index (κ3) is 1.97. The van der Waals surface area contributed by atoms with E-state index in [1.54, 1.807) is 11.3 Å². The quantitative estimate of drug-likeness (QED) is 0.755. The lowest BCUT2D eigenvalue weighted by Crippen LogP contribution is -2.28. The Hall–Kier alpha value is -0.280. The van der Waals surface area contributed by atoms with Crippen molar-refractivity contribution in [3.05, 3.63) is 10.5 Å². The maximum Gasteiger partial charge on any atom is 0.186 e. The topological polar surface area (TPSA) is 16.1 Å². The molecule has 1 aromatic heterocycles. The molecule has 0 spiro atoms. The van der Waals surface area contributed by atoms with Gasteiger partial charge in [0, 0.05) is 18.5 Å². The highest BCUT2D eigenvalue weighted by Gasteiger charge is 2.21. The molecule has 1 fully saturated rings. The van der Waals surface area contributed by atoms with Crippen molar-refractivity contribution in [2.24, 2.45) is 0 Å². The Balaban J connectivity index is 2.07. The number of hydrogen-bond acceptors (Lipinski definition) is 3. The zero-order chi connectivity index (χ0) is 9.26. The first kappa shape index (κ1) is 9.28. The van der Waals surface area contributed by atoms with Crippen LogP contribution in [0.1, 0.15) is 25.7 Å². The van der Waals surface area contributed by atoms with Crippen LogP contribution in [-0.2, 0) is 0 Å². The van der Waals surface area contributed by atoms with Gasteiger partial charge in [0.05, 0.1) is 0 Å². The summed E-state index contributed by atoms with van der Waals surface area (Å²) in [5.41, 5.74) is 0. The summed E-state index contributed by atoms with van der Waals surface area (Å²) in [6, 6.07) is 0.683. The summed E-state index contributed by atoms with van der Waals surface area (Å²) in [4.78, 5) is 6.53. The molecule has 1 aliphatic rings. The van der Waals surface area contributed by atoms with Gasteiger partial charge in [-0.2, -0.15) is 0 Å². The summed E-state index contributed by atoms with van der Waals surface area (Å²) in [5.74, 6) is 0. The lowest BCUT2D eigenvalue weighted by atomic mass is 10.2. The van der Waals surface area contributed by atoms with Gasteiger partial charge in [-0.15, -0.1) is 11.3 Å². The largest absolute Gasteiger partial charge is 0.348 e. The molecule has 2 nitrogen and oxygen atoms in total. The van der Waals surface area contributed by atoms with Crippen molar-refractivity contribution in [2.45, 2.75) is 31.7 Å². The number of anilines is 1. The van der Waals surface area contributed by atoms with E-state index in [4.69, 9.17) is 11.6 Å². The van der Waals surface area contributed by atoms with Gasteiger partial charge < -0.3 is 4.90 Å². The predicted molar refractivity (Wildman–Crippen MR) is 57.8 cm³/mol. The van der Waals surface area contributed by atoms with Gasteiger partial charge in [-0.05, 0) is 12.8 Å². The minimum atomic E-state index is 0.616. The molecule has 2 rings (SSSR count). The molecular formula is C9H13ClN2S. The zero-order valence-electron chi connectivity index (χ0n) is 7.66. The summed E-state index contributed by atoms with van der Waals surface area (Å²) in [6.07, 6.45) is 5.31. The minimum absolute atomic E-state index is 0.616. The van der Waals surface area contributed by atoms with Gasteiger partial charge in [0.15, 0.2) is 5.13 Å². The van der Waals surface area contributed by atoms with Crippen LogP contribution in [0.5, 0.6) is 0 Å². The van der Waals surface area contributed by atoms with E-state index in [1.165, 1.54) is 25.7 Å². The number of rotatable bonds is 2. The van der Waals surface area contributed by atoms with Crippen molar-refractivity contribution in [1.82, 2.24) is 4.98 Å². The van der Waals surface area contributed by atoms with E-state index in [0.29, 0.717) is 11.2 Å². The first-order chi connectivity index (χ1) is 6.27. The Morgan fingerprint density at radius 3 is 2.77 bits per heavy atom. The van der Waals surface area contributed by atoms with Crippen molar-refractivity contribution in [2.75, 3.05) is 11.9 Å². The van der Waals surface area contributed by atoms with E-state index < -0.39 is 0 Å². The highest BCUT2D eigenvalue weighted by Crippen LogP contribution is 2.29. The van der Waals surface area contributed by atoms with Gasteiger partial charge in [0.25, 0.3) is 0 Å². The van der Waals surface area contributed by atoms with Crippen LogP contribution < -0.4 is 4.90 Å². The van der Waals surface area contributed by atoms with Crippen LogP contribution in [0.25, 0.3) is 0 Å². The summed E-state index contributed by atoms with van der Waals surface area (Å²) in [6.45, 7) is 0. The Bertz CT molecular complexity index is 281. The lowest BCUT2D eigenvalue weighted by molar-refractivity contribution is 0.652. The Kier molecular flexibility index (Phi) is 2.74. The second-order valence-electron chi connectivity index (χ2n) is 3.50. The van der Waals surface area contributed by atoms with E-state index in [9.17, 15) is 0 Å². The average molecular weight is 217 g/mol. The highest BCUT2D eigenvalue weighted by atomic mass is 35.5. The van der Waals surface area contributed by atoms with Crippen molar-refractivity contribution in [1.29, 1.82) is 0 Å². The molecule has 72 valence electrons. The van der Waals surface area contributed by atoms with Crippen molar-refractivity contribution in [3.63, 3.8) is 0 Å². The molecule has 0 N–H and O–H groups in total. The summed E-state index contributed by atoms with van der Waals surface area (Å²) < 4.78 is 0. The van der Waals surface area contributed by atoms with Crippen LogP contribution in [0.15, 0.2) is 5.38 Å². The summed E-state index contributed by atoms with van der Waals surface area (Å²) in [7, 11) is 2.12. The Morgan fingerprint density at radius 1 is 1.54 bits per heavy atom. The van der Waals surface area contributed by atoms with E-state index in [-0.39, 0.29) is 0 Å². The lowest BCUT2D eigenvalue weighted by Gasteiger charge is -2.23. The SMILES string of the molecule is CN(c1nc(Cl)cs1)C1CCCC1. The molecule has 4 heteroatoms. The van der Waals surface area contributed by atoms with E-state index in [2.05, 4.69) is 16.9 Å². The number of nitrogens with zero attached hydrogens (tertiary/aromatic N) is 2. The Morgan fingerprint density at radius 2 is 2.23 bits per heavy atom. The third-order valence-corrected chi connectivity index (χ3v) is 3.89. The maximum absolute atomic E-state index is 5.78. The number of hydrogen-bond donors (Lipinski definition) is 0. The molecule has 1 aliphatic carbocycles. The molecule has 1 saturated carbocycles. The first-order valence-electron chi connectivity index (χ1n) is 4.61. The molecule has 0 bridgehead atoms. The minimum Gasteiger partial charge on any atom is -0.348 e. The maximum atomic E-state index is 5.78. The highest BCUT2D eigenvalue weighted by molar-refractivity contribution is 7.14. The van der Waals surface area contributed by atoms with Crippen molar-refractivity contribution in [3.8, 4) is 0 Å². The fourth-order valence-electron chi connectivity index (χ4n) is 1.86. The van der Waals surface area contributed by atoms with Gasteiger partial charge in [0.2, 0.25) is 0 Å². The second kappa shape index (κ2) is 3.84. The fraction of sp³-hybridized carbons (Fsp3) is 0.667. The monoisotopic (exact) mass is 216 g/mol. The number of thiazole rings is 1. The Labute approximate surface area is 87.5 Å². The van der Waals surface area contributed by atoms with Crippen molar-refractivity contribution >= 4 is 28.1 Å². The molecule has 0 unspecified atom stereocenters.